The predicted octanol–water partition coefficient (Wildman–Crippen LogP) is -0.408. The molecule has 0 radical (unpaired) electrons. The van der Waals surface area contributed by atoms with Gasteiger partial charge in [0.1, 0.15) is 0 Å². The minimum Gasteiger partial charge on any atom is -0.395 e. The van der Waals surface area contributed by atoms with Gasteiger partial charge in [0.25, 0.3) is 10.0 Å². The van der Waals surface area contributed by atoms with Gasteiger partial charge in [-0.2, -0.15) is 4.31 Å². The number of aliphatic hydroxyl groups is 1. The first-order chi connectivity index (χ1) is 9.57. The molecule has 0 aliphatic carbocycles. The molecule has 114 valence electrons. The highest BCUT2D eigenvalue weighted by Crippen LogP contribution is 2.15. The molecule has 1 aromatic heterocycles. The van der Waals surface area contributed by atoms with E-state index in [1.165, 1.54) is 4.31 Å². The summed E-state index contributed by atoms with van der Waals surface area (Å²) in [5.41, 5.74) is 0. The van der Waals surface area contributed by atoms with Gasteiger partial charge in [0, 0.05) is 38.9 Å². The molecule has 2 heterocycles. The lowest BCUT2D eigenvalue weighted by Crippen LogP contribution is -2.36. The van der Waals surface area contributed by atoms with Crippen LogP contribution >= 0.6 is 0 Å². The monoisotopic (exact) mass is 302 g/mol. The molecule has 0 amide bonds. The summed E-state index contributed by atoms with van der Waals surface area (Å²) in [6.07, 6.45) is 3.89. The number of aromatic nitrogens is 2. The first-order valence-corrected chi connectivity index (χ1v) is 8.37. The van der Waals surface area contributed by atoms with Crippen molar-refractivity contribution in [2.24, 2.45) is 0 Å². The summed E-state index contributed by atoms with van der Waals surface area (Å²) in [7, 11) is -3.50. The normalized spacial score (nSPS) is 19.1. The number of imidazole rings is 1. The lowest BCUT2D eigenvalue weighted by Gasteiger charge is -2.20. The van der Waals surface area contributed by atoms with Crippen LogP contribution in [0.25, 0.3) is 0 Å². The number of aliphatic hydroxyl groups excluding tert-OH is 1. The van der Waals surface area contributed by atoms with Gasteiger partial charge in [0.05, 0.1) is 12.9 Å². The van der Waals surface area contributed by atoms with Crippen molar-refractivity contribution >= 4 is 10.0 Å². The van der Waals surface area contributed by atoms with Crippen LogP contribution in [0.5, 0.6) is 0 Å². The van der Waals surface area contributed by atoms with Crippen LogP contribution in [-0.2, 0) is 16.6 Å². The molecule has 1 aromatic rings. The van der Waals surface area contributed by atoms with E-state index in [2.05, 4.69) is 9.88 Å². The van der Waals surface area contributed by atoms with Crippen molar-refractivity contribution in [3.05, 3.63) is 12.5 Å². The van der Waals surface area contributed by atoms with Crippen LogP contribution in [0.1, 0.15) is 13.3 Å². The highest BCUT2D eigenvalue weighted by Gasteiger charge is 2.28. The SMILES string of the molecule is CCn1cnc(S(=O)(=O)N2CCCN(CCO)CC2)c1. The molecular formula is C12H22N4O3S. The second-order valence-corrected chi connectivity index (χ2v) is 6.75. The van der Waals surface area contributed by atoms with E-state index < -0.39 is 10.0 Å². The van der Waals surface area contributed by atoms with Gasteiger partial charge < -0.3 is 9.67 Å². The van der Waals surface area contributed by atoms with Gasteiger partial charge in [-0.05, 0) is 19.9 Å². The molecule has 0 unspecified atom stereocenters. The number of aryl methyl sites for hydroxylation is 1. The van der Waals surface area contributed by atoms with Crippen molar-refractivity contribution in [2.75, 3.05) is 39.3 Å². The maximum Gasteiger partial charge on any atom is 0.262 e. The summed E-state index contributed by atoms with van der Waals surface area (Å²) in [4.78, 5) is 6.08. The van der Waals surface area contributed by atoms with Crippen LogP contribution < -0.4 is 0 Å². The Balaban J connectivity index is 2.09. The van der Waals surface area contributed by atoms with Gasteiger partial charge in [-0.3, -0.25) is 4.90 Å². The number of sulfonamides is 1. The van der Waals surface area contributed by atoms with E-state index in [9.17, 15) is 8.42 Å². The molecule has 1 fully saturated rings. The van der Waals surface area contributed by atoms with Gasteiger partial charge in [-0.15, -0.1) is 0 Å². The Bertz CT molecular complexity index is 529. The van der Waals surface area contributed by atoms with E-state index in [4.69, 9.17) is 5.11 Å². The third-order valence-corrected chi connectivity index (χ3v) is 5.33. The lowest BCUT2D eigenvalue weighted by atomic mass is 10.4. The van der Waals surface area contributed by atoms with Gasteiger partial charge >= 0.3 is 0 Å². The third kappa shape index (κ3) is 3.38. The molecule has 0 spiro atoms. The molecule has 20 heavy (non-hydrogen) atoms. The summed E-state index contributed by atoms with van der Waals surface area (Å²) in [5.74, 6) is 0. The summed E-state index contributed by atoms with van der Waals surface area (Å²) in [6, 6.07) is 0. The van der Waals surface area contributed by atoms with E-state index in [1.54, 1.807) is 17.1 Å². The van der Waals surface area contributed by atoms with Crippen LogP contribution in [-0.4, -0.2) is 71.6 Å². The molecule has 0 saturated carbocycles. The molecule has 8 heteroatoms. The van der Waals surface area contributed by atoms with Crippen molar-refractivity contribution in [3.8, 4) is 0 Å². The van der Waals surface area contributed by atoms with E-state index in [-0.39, 0.29) is 11.6 Å². The molecular weight excluding hydrogens is 280 g/mol. The molecule has 1 N–H and O–H groups in total. The highest BCUT2D eigenvalue weighted by atomic mass is 32.2. The van der Waals surface area contributed by atoms with Crippen LogP contribution in [0.4, 0.5) is 0 Å². The molecule has 0 aromatic carbocycles. The van der Waals surface area contributed by atoms with Crippen molar-refractivity contribution in [1.82, 2.24) is 18.8 Å². The van der Waals surface area contributed by atoms with Crippen molar-refractivity contribution < 1.29 is 13.5 Å². The van der Waals surface area contributed by atoms with E-state index in [0.29, 0.717) is 32.7 Å². The summed E-state index contributed by atoms with van der Waals surface area (Å²) < 4.78 is 28.3. The minimum atomic E-state index is -3.50. The molecule has 1 aliphatic heterocycles. The molecule has 2 rings (SSSR count). The second kappa shape index (κ2) is 6.66. The Morgan fingerprint density at radius 3 is 2.75 bits per heavy atom. The van der Waals surface area contributed by atoms with Crippen LogP contribution in [0, 0.1) is 0 Å². The lowest BCUT2D eigenvalue weighted by molar-refractivity contribution is 0.202. The summed E-state index contributed by atoms with van der Waals surface area (Å²) in [5, 5.41) is 9.08. The first kappa shape index (κ1) is 15.4. The van der Waals surface area contributed by atoms with Gasteiger partial charge in [0.2, 0.25) is 0 Å². The quantitative estimate of drug-likeness (QED) is 0.800. The standard InChI is InChI=1S/C12H22N4O3S/c1-2-14-10-12(13-11-14)20(18,19)16-5-3-4-15(6-7-16)8-9-17/h10-11,17H,2-9H2,1H3. The average molecular weight is 302 g/mol. The fourth-order valence-corrected chi connectivity index (χ4v) is 3.74. The van der Waals surface area contributed by atoms with Gasteiger partial charge in [-0.1, -0.05) is 0 Å². The fraction of sp³-hybridized carbons (Fsp3) is 0.750. The van der Waals surface area contributed by atoms with Crippen LogP contribution in [0.15, 0.2) is 17.6 Å². The molecule has 1 aliphatic rings. The fourth-order valence-electron chi connectivity index (χ4n) is 2.33. The number of rotatable bonds is 5. The largest absolute Gasteiger partial charge is 0.395 e. The molecule has 1 saturated heterocycles. The minimum absolute atomic E-state index is 0.105. The Morgan fingerprint density at radius 2 is 2.10 bits per heavy atom. The Morgan fingerprint density at radius 1 is 1.30 bits per heavy atom. The topological polar surface area (TPSA) is 78.7 Å². The van der Waals surface area contributed by atoms with Crippen LogP contribution in [0.3, 0.4) is 0 Å². The molecule has 0 bridgehead atoms. The van der Waals surface area contributed by atoms with Crippen molar-refractivity contribution in [3.63, 3.8) is 0 Å². The average Bonchev–Trinajstić information content (AvgIpc) is 2.80. The smallest absolute Gasteiger partial charge is 0.262 e. The maximum absolute atomic E-state index is 12.5. The second-order valence-electron chi connectivity index (χ2n) is 4.87. The van der Waals surface area contributed by atoms with E-state index >= 15 is 0 Å². The highest BCUT2D eigenvalue weighted by molar-refractivity contribution is 7.89. The number of hydrogen-bond donors (Lipinski definition) is 1. The Kier molecular flexibility index (Phi) is 5.14. The summed E-state index contributed by atoms with van der Waals surface area (Å²) >= 11 is 0. The zero-order valence-corrected chi connectivity index (χ0v) is 12.6. The maximum atomic E-state index is 12.5. The third-order valence-electron chi connectivity index (χ3n) is 3.54. The Hall–Kier alpha value is -0.960. The Labute approximate surface area is 119 Å². The van der Waals surface area contributed by atoms with E-state index in [1.807, 2.05) is 6.92 Å². The zero-order valence-electron chi connectivity index (χ0n) is 11.8. The number of β-amino-alcohol motifs (C(OH)–C–C–N with tert-alkyl or cyclic N) is 1. The number of nitrogens with zero attached hydrogens (tertiary/aromatic N) is 4. The van der Waals surface area contributed by atoms with Gasteiger partial charge in [0.15, 0.2) is 5.03 Å². The van der Waals surface area contributed by atoms with Crippen LogP contribution in [0.2, 0.25) is 0 Å². The predicted molar refractivity (Wildman–Crippen MR) is 74.8 cm³/mol. The zero-order chi connectivity index (χ0) is 14.6. The summed E-state index contributed by atoms with van der Waals surface area (Å²) in [6.45, 7) is 5.75. The first-order valence-electron chi connectivity index (χ1n) is 6.93. The van der Waals surface area contributed by atoms with Crippen molar-refractivity contribution in [2.45, 2.75) is 24.9 Å². The molecule has 7 nitrogen and oxygen atoms in total. The number of hydrogen-bond acceptors (Lipinski definition) is 5. The molecule has 0 atom stereocenters. The van der Waals surface area contributed by atoms with Gasteiger partial charge in [-0.25, -0.2) is 13.4 Å². The van der Waals surface area contributed by atoms with E-state index in [0.717, 1.165) is 13.0 Å². The van der Waals surface area contributed by atoms with Crippen molar-refractivity contribution in [1.29, 1.82) is 0 Å².